The van der Waals surface area contributed by atoms with E-state index in [2.05, 4.69) is 61.9 Å². The average Bonchev–Trinajstić information content (AvgIpc) is 3.44. The van der Waals surface area contributed by atoms with Crippen molar-refractivity contribution in [1.29, 1.82) is 0 Å². The van der Waals surface area contributed by atoms with Crippen molar-refractivity contribution in [2.45, 2.75) is 38.8 Å². The summed E-state index contributed by atoms with van der Waals surface area (Å²) in [5.41, 5.74) is 5.22. The maximum absolute atomic E-state index is 4.81. The Balaban J connectivity index is 0.000000156. The van der Waals surface area contributed by atoms with Crippen molar-refractivity contribution in [2.75, 3.05) is 0 Å². The molecule has 25 heavy (non-hydrogen) atoms. The first-order chi connectivity index (χ1) is 11.8. The summed E-state index contributed by atoms with van der Waals surface area (Å²) in [6.45, 7) is 8.54. The molecule has 0 N–H and O–H groups in total. The molecule has 2 heterocycles. The quantitative estimate of drug-likeness (QED) is 0.490. The Kier molecular flexibility index (Phi) is 7.00. The van der Waals surface area contributed by atoms with Gasteiger partial charge < -0.3 is 0 Å². The molecular weight excluding hydrogens is 446 g/mol. The summed E-state index contributed by atoms with van der Waals surface area (Å²) in [7, 11) is 9.63. The fourth-order valence-corrected chi connectivity index (χ4v) is 2.53. The molecule has 2 nitrogen and oxygen atoms in total. The fraction of sp³-hybridized carbons (Fsp3) is 0.300. The van der Waals surface area contributed by atoms with Gasteiger partial charge >= 0.3 is 35.0 Å². The molecule has 2 aromatic rings. The van der Waals surface area contributed by atoms with Crippen LogP contribution in [0.4, 0.5) is 0 Å². The van der Waals surface area contributed by atoms with Crippen molar-refractivity contribution in [1.82, 2.24) is 0 Å². The minimum atomic E-state index is -0.106. The van der Waals surface area contributed by atoms with E-state index in [1.54, 1.807) is 0 Å². The predicted octanol–water partition coefficient (Wildman–Crippen LogP) is 5.91. The van der Waals surface area contributed by atoms with Gasteiger partial charge in [-0.1, -0.05) is 60.7 Å². The third kappa shape index (κ3) is 6.05. The summed E-state index contributed by atoms with van der Waals surface area (Å²) in [4.78, 5) is 8.75. The van der Waals surface area contributed by atoms with Gasteiger partial charge in [0, 0.05) is 0 Å². The van der Waals surface area contributed by atoms with Crippen LogP contribution in [0, 0.1) is 0 Å². The van der Waals surface area contributed by atoms with Crippen LogP contribution >= 0.6 is 19.1 Å². The van der Waals surface area contributed by atoms with Crippen molar-refractivity contribution < 1.29 is 15.9 Å². The van der Waals surface area contributed by atoms with E-state index in [9.17, 15) is 0 Å². The van der Waals surface area contributed by atoms with Gasteiger partial charge in [0.05, 0.1) is 22.5 Å². The second-order valence-corrected chi connectivity index (χ2v) is 9.18. The van der Waals surface area contributed by atoms with Crippen LogP contribution < -0.4 is 0 Å². The first-order valence-corrected chi connectivity index (χ1v) is 12.0. The molecule has 0 fully saturated rings. The first kappa shape index (κ1) is 20.3. The van der Waals surface area contributed by atoms with Gasteiger partial charge in [0.25, 0.3) is 0 Å². The summed E-state index contributed by atoms with van der Waals surface area (Å²) in [6, 6.07) is 20.7. The van der Waals surface area contributed by atoms with E-state index in [0.29, 0.717) is 0 Å². The Morgan fingerprint density at radius 1 is 0.640 bits per heavy atom. The molecule has 2 aromatic carbocycles. The van der Waals surface area contributed by atoms with Gasteiger partial charge in [-0.2, -0.15) is 0 Å². The van der Waals surface area contributed by atoms with Gasteiger partial charge in [-0.15, -0.1) is 0 Å². The summed E-state index contributed by atoms with van der Waals surface area (Å²) in [5, 5.41) is 0. The zero-order chi connectivity index (χ0) is 18.5. The average molecular weight is 468 g/mol. The second kappa shape index (κ2) is 8.60. The van der Waals surface area contributed by atoms with Gasteiger partial charge in [-0.3, -0.25) is 9.98 Å². The molecule has 0 spiro atoms. The van der Waals surface area contributed by atoms with Gasteiger partial charge in [-0.05, 0) is 38.8 Å². The summed E-state index contributed by atoms with van der Waals surface area (Å²) >= 11 is -0.106. The van der Waals surface area contributed by atoms with E-state index in [0.717, 1.165) is 0 Å². The molecule has 0 bridgehead atoms. The van der Waals surface area contributed by atoms with Crippen LogP contribution in [0.5, 0.6) is 0 Å². The third-order valence-electron chi connectivity index (χ3n) is 3.94. The van der Waals surface area contributed by atoms with E-state index in [1.165, 1.54) is 22.6 Å². The molecule has 2 aliphatic heterocycles. The Morgan fingerprint density at radius 2 is 0.880 bits per heavy atom. The van der Waals surface area contributed by atoms with Crippen LogP contribution in [0.25, 0.3) is 0 Å². The number of rotatable bonds is 2. The molecule has 136 valence electrons. The monoisotopic (exact) mass is 466 g/mol. The summed E-state index contributed by atoms with van der Waals surface area (Å²) in [6.07, 6.45) is 0. The molecule has 0 aliphatic carbocycles. The van der Waals surface area contributed by atoms with Crippen LogP contribution in [-0.4, -0.2) is 22.5 Å². The molecule has 4 rings (SSSR count). The van der Waals surface area contributed by atoms with Gasteiger partial charge in [0.15, 0.2) is 0 Å². The van der Waals surface area contributed by atoms with Crippen molar-refractivity contribution in [3.63, 3.8) is 0 Å². The van der Waals surface area contributed by atoms with E-state index >= 15 is 0 Å². The molecule has 2 aliphatic rings. The van der Waals surface area contributed by atoms with Crippen molar-refractivity contribution in [2.24, 2.45) is 9.98 Å². The number of nitrogens with zero attached hydrogens (tertiary/aromatic N) is 2. The second-order valence-electron chi connectivity index (χ2n) is 6.82. The first-order valence-electron chi connectivity index (χ1n) is 7.95. The molecule has 0 aromatic heterocycles. The Labute approximate surface area is 166 Å². The van der Waals surface area contributed by atoms with E-state index < -0.39 is 0 Å². The van der Waals surface area contributed by atoms with E-state index in [1.807, 2.05) is 36.4 Å². The SMILES string of the molecule is CC1(C)N=C1c1ccccc1.CC1(C)N=C1c1ccccc1.[Cl][Pd][Cl]. The standard InChI is InChI=1S/2C10H11N.2ClH.Pd/c2*1-10(2)9(11-10)8-6-4-3-5-7-8;;;/h2*3-7H,1-2H3;2*1H;/q;;;;+2/p-2. The van der Waals surface area contributed by atoms with Gasteiger partial charge in [0.1, 0.15) is 0 Å². The zero-order valence-electron chi connectivity index (χ0n) is 14.7. The van der Waals surface area contributed by atoms with Crippen LogP contribution in [-0.2, 0) is 15.9 Å². The molecule has 0 unspecified atom stereocenters. The van der Waals surface area contributed by atoms with Crippen molar-refractivity contribution in [3.05, 3.63) is 71.8 Å². The van der Waals surface area contributed by atoms with E-state index in [-0.39, 0.29) is 27.0 Å². The topological polar surface area (TPSA) is 24.7 Å². The maximum atomic E-state index is 4.81. The number of hydrogen-bond acceptors (Lipinski definition) is 2. The normalized spacial score (nSPS) is 17.8. The number of hydrogen-bond donors (Lipinski definition) is 0. The van der Waals surface area contributed by atoms with Gasteiger partial charge in [-0.25, -0.2) is 0 Å². The van der Waals surface area contributed by atoms with Crippen LogP contribution in [0.3, 0.4) is 0 Å². The molecule has 0 saturated carbocycles. The molecule has 0 atom stereocenters. The number of halogens is 2. The van der Waals surface area contributed by atoms with Crippen molar-refractivity contribution in [3.8, 4) is 0 Å². The van der Waals surface area contributed by atoms with Gasteiger partial charge in [0.2, 0.25) is 0 Å². The Morgan fingerprint density at radius 3 is 1.08 bits per heavy atom. The summed E-state index contributed by atoms with van der Waals surface area (Å²) in [5.74, 6) is 0. The Hall–Kier alpha value is -0.978. The van der Waals surface area contributed by atoms with E-state index in [4.69, 9.17) is 19.1 Å². The minimum absolute atomic E-state index is 0.106. The van der Waals surface area contributed by atoms with Crippen LogP contribution in [0.1, 0.15) is 38.8 Å². The Bertz CT molecular complexity index is 688. The van der Waals surface area contributed by atoms with Crippen LogP contribution in [0.15, 0.2) is 70.6 Å². The van der Waals surface area contributed by atoms with Crippen molar-refractivity contribution >= 4 is 30.5 Å². The molecule has 0 saturated heterocycles. The zero-order valence-corrected chi connectivity index (χ0v) is 17.8. The number of aliphatic imine (C=N–C) groups is 2. The fourth-order valence-electron chi connectivity index (χ4n) is 2.53. The summed E-state index contributed by atoms with van der Waals surface area (Å²) < 4.78 is 0. The molecule has 0 amide bonds. The van der Waals surface area contributed by atoms with Crippen LogP contribution in [0.2, 0.25) is 0 Å². The molecular formula is C20H22Cl2N2Pd. The third-order valence-corrected chi connectivity index (χ3v) is 3.94. The molecule has 0 radical (unpaired) electrons. The predicted molar refractivity (Wildman–Crippen MR) is 106 cm³/mol. The number of benzene rings is 2. The molecule has 5 heteroatoms.